The van der Waals surface area contributed by atoms with E-state index in [1.54, 1.807) is 11.0 Å². The molecule has 0 aliphatic rings. The maximum absolute atomic E-state index is 6.16. The molecule has 0 spiro atoms. The summed E-state index contributed by atoms with van der Waals surface area (Å²) in [6.07, 6.45) is 2.54. The Bertz CT molecular complexity index is 595. The highest BCUT2D eigenvalue weighted by molar-refractivity contribution is 7.71. The topological polar surface area (TPSA) is 54.9 Å². The van der Waals surface area contributed by atoms with Crippen molar-refractivity contribution in [3.63, 3.8) is 0 Å². The van der Waals surface area contributed by atoms with Crippen LogP contribution in [0.5, 0.6) is 5.75 Å². The first-order chi connectivity index (χ1) is 9.20. The number of aromatic nitrogens is 3. The maximum atomic E-state index is 6.16. The summed E-state index contributed by atoms with van der Waals surface area (Å²) in [7, 11) is 0. The van der Waals surface area contributed by atoms with E-state index >= 15 is 0 Å². The van der Waals surface area contributed by atoms with Gasteiger partial charge in [0, 0.05) is 0 Å². The molecule has 19 heavy (non-hydrogen) atoms. The molecule has 0 amide bonds. The molecule has 0 unspecified atom stereocenters. The van der Waals surface area contributed by atoms with Crippen LogP contribution < -0.4 is 10.2 Å². The molecular formula is C12H15ClN4OS. The van der Waals surface area contributed by atoms with Gasteiger partial charge in [0.1, 0.15) is 12.1 Å². The predicted molar refractivity (Wildman–Crippen MR) is 77.7 cm³/mol. The van der Waals surface area contributed by atoms with Crippen molar-refractivity contribution in [2.45, 2.75) is 19.9 Å². The predicted octanol–water partition coefficient (Wildman–Crippen LogP) is 3.13. The van der Waals surface area contributed by atoms with Gasteiger partial charge >= 0.3 is 0 Å². The van der Waals surface area contributed by atoms with Crippen LogP contribution in [-0.4, -0.2) is 21.5 Å². The van der Waals surface area contributed by atoms with E-state index in [0.717, 1.165) is 12.0 Å². The molecule has 0 saturated carbocycles. The molecule has 0 radical (unpaired) electrons. The summed E-state index contributed by atoms with van der Waals surface area (Å²) in [5.74, 6) is 0.715. The number of benzene rings is 1. The molecule has 0 atom stereocenters. The molecule has 0 aliphatic carbocycles. The third kappa shape index (κ3) is 3.71. The number of ether oxygens (including phenoxy) is 1. The fourth-order valence-electron chi connectivity index (χ4n) is 1.52. The van der Waals surface area contributed by atoms with Crippen molar-refractivity contribution in [2.24, 2.45) is 0 Å². The summed E-state index contributed by atoms with van der Waals surface area (Å²) in [5.41, 5.74) is 4.16. The second-order valence-corrected chi connectivity index (χ2v) is 4.77. The average Bonchev–Trinajstić information content (AvgIpc) is 2.81. The zero-order valence-electron chi connectivity index (χ0n) is 10.5. The fraction of sp³-hybridized carbons (Fsp3) is 0.333. The number of hydrogen-bond acceptors (Lipinski definition) is 4. The van der Waals surface area contributed by atoms with Crippen LogP contribution in [0, 0.1) is 4.77 Å². The van der Waals surface area contributed by atoms with Crippen LogP contribution in [0.2, 0.25) is 5.02 Å². The molecule has 102 valence electrons. The van der Waals surface area contributed by atoms with Gasteiger partial charge < -0.3 is 10.2 Å². The Balaban J connectivity index is 2.00. The smallest absolute Gasteiger partial charge is 0.214 e. The normalized spacial score (nSPS) is 10.4. The maximum Gasteiger partial charge on any atom is 0.214 e. The lowest BCUT2D eigenvalue weighted by molar-refractivity contribution is 0.317. The molecular weight excluding hydrogens is 284 g/mol. The molecule has 1 aromatic carbocycles. The monoisotopic (exact) mass is 298 g/mol. The van der Waals surface area contributed by atoms with E-state index < -0.39 is 0 Å². The number of hydrogen-bond donors (Lipinski definition) is 2. The summed E-state index contributed by atoms with van der Waals surface area (Å²) in [4.78, 5) is 0. The Morgan fingerprint density at radius 2 is 2.37 bits per heavy atom. The number of nitrogens with zero attached hydrogens (tertiary/aromatic N) is 2. The summed E-state index contributed by atoms with van der Waals surface area (Å²) >= 11 is 11.2. The second-order valence-electron chi connectivity index (χ2n) is 3.98. The highest BCUT2D eigenvalue weighted by atomic mass is 35.5. The van der Waals surface area contributed by atoms with Gasteiger partial charge in [-0.05, 0) is 36.3 Å². The van der Waals surface area contributed by atoms with Gasteiger partial charge in [0.25, 0.3) is 0 Å². The number of rotatable bonds is 6. The molecule has 0 fully saturated rings. The minimum Gasteiger partial charge on any atom is -0.492 e. The Labute approximate surface area is 121 Å². The van der Waals surface area contributed by atoms with Crippen molar-refractivity contribution in [3.8, 4) is 5.75 Å². The van der Waals surface area contributed by atoms with E-state index in [0.29, 0.717) is 28.7 Å². The molecule has 1 heterocycles. The molecule has 0 bridgehead atoms. The van der Waals surface area contributed by atoms with Gasteiger partial charge in [-0.15, -0.1) is 0 Å². The highest BCUT2D eigenvalue weighted by Crippen LogP contribution is 2.25. The lowest BCUT2D eigenvalue weighted by atomic mass is 10.2. The van der Waals surface area contributed by atoms with Gasteiger partial charge in [-0.2, -0.15) is 5.10 Å². The summed E-state index contributed by atoms with van der Waals surface area (Å²) in [5, 5.41) is 7.11. The van der Waals surface area contributed by atoms with Crippen molar-refractivity contribution in [1.82, 2.24) is 14.9 Å². The summed E-state index contributed by atoms with van der Waals surface area (Å²) < 4.78 is 7.69. The molecule has 0 aliphatic heterocycles. The van der Waals surface area contributed by atoms with Gasteiger partial charge in [0.15, 0.2) is 0 Å². The Hall–Kier alpha value is -1.53. The van der Waals surface area contributed by atoms with Gasteiger partial charge in [-0.1, -0.05) is 24.6 Å². The van der Waals surface area contributed by atoms with E-state index in [4.69, 9.17) is 28.6 Å². The molecule has 5 nitrogen and oxygen atoms in total. The zero-order valence-corrected chi connectivity index (χ0v) is 12.1. The zero-order chi connectivity index (χ0) is 13.7. The van der Waals surface area contributed by atoms with Crippen LogP contribution in [-0.2, 0) is 6.54 Å². The molecule has 2 rings (SSSR count). The SMILES string of the molecule is CCCOc1ccc(CNn2cn[nH]c2=S)cc1Cl. The first-order valence-corrected chi connectivity index (χ1v) is 6.76. The first kappa shape index (κ1) is 13.9. The molecule has 2 N–H and O–H groups in total. The van der Waals surface area contributed by atoms with Crippen LogP contribution >= 0.6 is 23.8 Å². The van der Waals surface area contributed by atoms with E-state index in [2.05, 4.69) is 22.5 Å². The van der Waals surface area contributed by atoms with Crippen molar-refractivity contribution < 1.29 is 4.74 Å². The third-order valence-electron chi connectivity index (χ3n) is 2.46. The van der Waals surface area contributed by atoms with Crippen LogP contribution in [0.3, 0.4) is 0 Å². The Morgan fingerprint density at radius 3 is 3.00 bits per heavy atom. The lowest BCUT2D eigenvalue weighted by Crippen LogP contribution is -2.13. The Kier molecular flexibility index (Phi) is 4.81. The van der Waals surface area contributed by atoms with E-state index in [1.807, 2.05) is 18.2 Å². The van der Waals surface area contributed by atoms with Crippen molar-refractivity contribution in [1.29, 1.82) is 0 Å². The van der Waals surface area contributed by atoms with Crippen LogP contribution in [0.1, 0.15) is 18.9 Å². The fourth-order valence-corrected chi connectivity index (χ4v) is 1.94. The van der Waals surface area contributed by atoms with Crippen molar-refractivity contribution >= 4 is 23.8 Å². The minimum absolute atomic E-state index is 0.522. The van der Waals surface area contributed by atoms with Crippen LogP contribution in [0.4, 0.5) is 0 Å². The van der Waals surface area contributed by atoms with Gasteiger partial charge in [-0.3, -0.25) is 5.10 Å². The third-order valence-corrected chi connectivity index (χ3v) is 3.05. The van der Waals surface area contributed by atoms with Gasteiger partial charge in [-0.25, -0.2) is 4.68 Å². The molecule has 2 aromatic rings. The molecule has 1 aromatic heterocycles. The van der Waals surface area contributed by atoms with Crippen LogP contribution in [0.25, 0.3) is 0 Å². The summed E-state index contributed by atoms with van der Waals surface area (Å²) in [6, 6.07) is 5.72. The van der Waals surface area contributed by atoms with Crippen molar-refractivity contribution in [3.05, 3.63) is 39.9 Å². The van der Waals surface area contributed by atoms with Crippen LogP contribution in [0.15, 0.2) is 24.5 Å². The molecule has 0 saturated heterocycles. The average molecular weight is 299 g/mol. The van der Waals surface area contributed by atoms with Gasteiger partial charge in [0.05, 0.1) is 18.2 Å². The standard InChI is InChI=1S/C12H15ClN4OS/c1-2-5-18-11-4-3-9(6-10(11)13)7-15-17-8-14-16-12(17)19/h3-4,6,8,15H,2,5,7H2,1H3,(H,16,19). The van der Waals surface area contributed by atoms with E-state index in [-0.39, 0.29) is 0 Å². The highest BCUT2D eigenvalue weighted by Gasteiger charge is 2.03. The number of H-pyrrole nitrogens is 1. The number of halogens is 1. The minimum atomic E-state index is 0.522. The van der Waals surface area contributed by atoms with E-state index in [9.17, 15) is 0 Å². The van der Waals surface area contributed by atoms with Crippen molar-refractivity contribution in [2.75, 3.05) is 12.0 Å². The quantitative estimate of drug-likeness (QED) is 0.805. The second kappa shape index (κ2) is 6.58. The van der Waals surface area contributed by atoms with Gasteiger partial charge in [0.2, 0.25) is 4.77 Å². The number of aromatic amines is 1. The lowest BCUT2D eigenvalue weighted by Gasteiger charge is -2.10. The molecule has 7 heteroatoms. The largest absolute Gasteiger partial charge is 0.492 e. The number of nitrogens with one attached hydrogen (secondary N) is 2. The van der Waals surface area contributed by atoms with E-state index in [1.165, 1.54) is 0 Å². The first-order valence-electron chi connectivity index (χ1n) is 5.98. The summed E-state index contributed by atoms with van der Waals surface area (Å²) in [6.45, 7) is 3.32. The Morgan fingerprint density at radius 1 is 1.53 bits per heavy atom.